The van der Waals surface area contributed by atoms with Crippen LogP contribution < -0.4 is 9.47 Å². The van der Waals surface area contributed by atoms with Crippen LogP contribution in [0.15, 0.2) is 30.3 Å². The van der Waals surface area contributed by atoms with Crippen molar-refractivity contribution < 1.29 is 24.2 Å². The molecule has 0 amide bonds. The first-order valence-electron chi connectivity index (χ1n) is 7.67. The van der Waals surface area contributed by atoms with Crippen LogP contribution in [-0.4, -0.2) is 31.1 Å². The van der Waals surface area contributed by atoms with Gasteiger partial charge in [0.2, 0.25) is 0 Å². The van der Waals surface area contributed by atoms with Crippen molar-refractivity contribution in [2.24, 2.45) is 0 Å². The van der Waals surface area contributed by atoms with Gasteiger partial charge >= 0.3 is 5.97 Å². The molecule has 0 fully saturated rings. The molecule has 24 heavy (non-hydrogen) atoms. The van der Waals surface area contributed by atoms with E-state index in [1.54, 1.807) is 6.07 Å². The summed E-state index contributed by atoms with van der Waals surface area (Å²) in [6, 6.07) is 9.23. The summed E-state index contributed by atoms with van der Waals surface area (Å²) in [6.07, 6.45) is 1.09. The van der Waals surface area contributed by atoms with Crippen LogP contribution in [-0.2, 0) is 17.6 Å². The van der Waals surface area contributed by atoms with Crippen LogP contribution in [0.1, 0.15) is 27.9 Å². The van der Waals surface area contributed by atoms with Gasteiger partial charge in [-0.2, -0.15) is 0 Å². The first-order chi connectivity index (χ1) is 11.5. The molecule has 124 valence electrons. The minimum Gasteiger partial charge on any atom is -0.493 e. The molecule has 5 nitrogen and oxygen atoms in total. The third kappa shape index (κ3) is 2.73. The molecule has 0 aromatic heterocycles. The lowest BCUT2D eigenvalue weighted by Crippen LogP contribution is -2.06. The van der Waals surface area contributed by atoms with Gasteiger partial charge in [0, 0.05) is 17.5 Å². The molecule has 0 heterocycles. The van der Waals surface area contributed by atoms with Crippen LogP contribution in [0.2, 0.25) is 0 Å². The second-order valence-corrected chi connectivity index (χ2v) is 5.69. The van der Waals surface area contributed by atoms with Gasteiger partial charge in [0.25, 0.3) is 0 Å². The zero-order valence-electron chi connectivity index (χ0n) is 13.6. The maximum absolute atomic E-state index is 11.8. The standard InChI is InChI=1S/C19H18O5/c1-23-17-8-6-13(15(10-18(21)22)19(17)24-2)11-3-5-14-12(9-11)4-7-16(14)20/h3,5-6,8-9H,4,7,10H2,1-2H3,(H,21,22). The molecule has 1 N–H and O–H groups in total. The molecule has 2 aromatic carbocycles. The van der Waals surface area contributed by atoms with Crippen LogP contribution >= 0.6 is 0 Å². The van der Waals surface area contributed by atoms with Crippen LogP contribution in [0.4, 0.5) is 0 Å². The summed E-state index contributed by atoms with van der Waals surface area (Å²) in [6.45, 7) is 0. The molecule has 0 saturated heterocycles. The second-order valence-electron chi connectivity index (χ2n) is 5.69. The minimum atomic E-state index is -0.945. The zero-order valence-corrected chi connectivity index (χ0v) is 13.6. The maximum atomic E-state index is 11.8. The van der Waals surface area contributed by atoms with Gasteiger partial charge < -0.3 is 14.6 Å². The van der Waals surface area contributed by atoms with Crippen molar-refractivity contribution in [3.05, 3.63) is 47.0 Å². The predicted molar refractivity (Wildman–Crippen MR) is 89.0 cm³/mol. The van der Waals surface area contributed by atoms with Gasteiger partial charge in [-0.05, 0) is 29.2 Å². The Bertz CT molecular complexity index is 823. The van der Waals surface area contributed by atoms with E-state index in [1.165, 1.54) is 14.2 Å². The summed E-state index contributed by atoms with van der Waals surface area (Å²) in [4.78, 5) is 23.1. The topological polar surface area (TPSA) is 72.8 Å². The van der Waals surface area contributed by atoms with E-state index >= 15 is 0 Å². The Balaban J connectivity index is 2.17. The molecule has 2 aromatic rings. The number of carboxylic acid groups (broad SMARTS) is 1. The highest BCUT2D eigenvalue weighted by Crippen LogP contribution is 2.39. The number of fused-ring (bicyclic) bond motifs is 1. The fraction of sp³-hybridized carbons (Fsp3) is 0.263. The number of aryl methyl sites for hydroxylation is 1. The number of Topliss-reactive ketones (excluding diaryl/α,β-unsaturated/α-hetero) is 1. The molecule has 1 aliphatic rings. The number of methoxy groups -OCH3 is 2. The van der Waals surface area contributed by atoms with Gasteiger partial charge in [-0.15, -0.1) is 0 Å². The van der Waals surface area contributed by atoms with E-state index in [2.05, 4.69) is 0 Å². The van der Waals surface area contributed by atoms with E-state index in [4.69, 9.17) is 9.47 Å². The summed E-state index contributed by atoms with van der Waals surface area (Å²) >= 11 is 0. The average Bonchev–Trinajstić information content (AvgIpc) is 2.94. The van der Waals surface area contributed by atoms with E-state index in [9.17, 15) is 14.7 Å². The highest BCUT2D eigenvalue weighted by molar-refractivity contribution is 6.01. The van der Waals surface area contributed by atoms with Crippen molar-refractivity contribution in [2.45, 2.75) is 19.3 Å². The largest absolute Gasteiger partial charge is 0.493 e. The lowest BCUT2D eigenvalue weighted by molar-refractivity contribution is -0.136. The quantitative estimate of drug-likeness (QED) is 0.914. The fourth-order valence-corrected chi connectivity index (χ4v) is 3.21. The summed E-state index contributed by atoms with van der Waals surface area (Å²) in [5.74, 6) is 0.136. The summed E-state index contributed by atoms with van der Waals surface area (Å²) < 4.78 is 10.7. The molecular weight excluding hydrogens is 308 g/mol. The van der Waals surface area contributed by atoms with Crippen LogP contribution in [0, 0.1) is 0 Å². The fourth-order valence-electron chi connectivity index (χ4n) is 3.21. The molecule has 5 heteroatoms. The number of ether oxygens (including phenoxy) is 2. The van der Waals surface area contributed by atoms with Gasteiger partial charge in [0.15, 0.2) is 17.3 Å². The number of hydrogen-bond donors (Lipinski definition) is 1. The first-order valence-corrected chi connectivity index (χ1v) is 7.67. The normalized spacial score (nSPS) is 12.8. The van der Waals surface area contributed by atoms with Crippen LogP contribution in [0.5, 0.6) is 11.5 Å². The summed E-state index contributed by atoms with van der Waals surface area (Å²) in [5.41, 5.74) is 3.99. The minimum absolute atomic E-state index is 0.162. The third-order valence-corrected chi connectivity index (χ3v) is 4.31. The van der Waals surface area contributed by atoms with Crippen molar-refractivity contribution in [3.63, 3.8) is 0 Å². The average molecular weight is 326 g/mol. The smallest absolute Gasteiger partial charge is 0.307 e. The molecule has 0 spiro atoms. The van der Waals surface area contributed by atoms with Gasteiger partial charge in [-0.3, -0.25) is 9.59 Å². The predicted octanol–water partition coefficient (Wildman–Crippen LogP) is 3.13. The highest BCUT2D eigenvalue weighted by atomic mass is 16.5. The maximum Gasteiger partial charge on any atom is 0.307 e. The number of hydrogen-bond acceptors (Lipinski definition) is 4. The van der Waals surface area contributed by atoms with Gasteiger partial charge in [0.05, 0.1) is 20.6 Å². The Kier molecular flexibility index (Phi) is 4.25. The molecule has 0 radical (unpaired) electrons. The zero-order chi connectivity index (χ0) is 17.3. The van der Waals surface area contributed by atoms with E-state index in [0.29, 0.717) is 23.5 Å². The second kappa shape index (κ2) is 6.35. The number of carbonyl (C=O) groups excluding carboxylic acids is 1. The number of aliphatic carboxylic acids is 1. The number of carbonyl (C=O) groups is 2. The van der Waals surface area contributed by atoms with E-state index in [-0.39, 0.29) is 12.2 Å². The van der Waals surface area contributed by atoms with Gasteiger partial charge in [-0.25, -0.2) is 0 Å². The first kappa shape index (κ1) is 16.1. The Morgan fingerprint density at radius 2 is 1.83 bits per heavy atom. The Morgan fingerprint density at radius 1 is 1.08 bits per heavy atom. The molecule has 0 aliphatic heterocycles. The monoisotopic (exact) mass is 326 g/mol. The molecule has 0 bridgehead atoms. The number of carboxylic acids is 1. The van der Waals surface area contributed by atoms with Crippen LogP contribution in [0.25, 0.3) is 11.1 Å². The number of benzene rings is 2. The van der Waals surface area contributed by atoms with Crippen molar-refractivity contribution in [1.82, 2.24) is 0 Å². The molecule has 0 unspecified atom stereocenters. The number of rotatable bonds is 5. The Hall–Kier alpha value is -2.82. The molecular formula is C19H18O5. The van der Waals surface area contributed by atoms with E-state index in [1.807, 2.05) is 24.3 Å². The van der Waals surface area contributed by atoms with Crippen molar-refractivity contribution in [1.29, 1.82) is 0 Å². The lowest BCUT2D eigenvalue weighted by atomic mass is 9.94. The summed E-state index contributed by atoms with van der Waals surface area (Å²) in [7, 11) is 3.01. The Labute approximate surface area is 139 Å². The lowest BCUT2D eigenvalue weighted by Gasteiger charge is -2.16. The van der Waals surface area contributed by atoms with Gasteiger partial charge in [0.1, 0.15) is 0 Å². The van der Waals surface area contributed by atoms with Crippen molar-refractivity contribution in [2.75, 3.05) is 14.2 Å². The van der Waals surface area contributed by atoms with E-state index < -0.39 is 5.97 Å². The SMILES string of the molecule is COc1ccc(-c2ccc3c(c2)CCC3=O)c(CC(=O)O)c1OC. The summed E-state index contributed by atoms with van der Waals surface area (Å²) in [5, 5.41) is 9.27. The molecule has 1 aliphatic carbocycles. The highest BCUT2D eigenvalue weighted by Gasteiger charge is 2.22. The molecule has 3 rings (SSSR count). The molecule has 0 atom stereocenters. The Morgan fingerprint density at radius 3 is 2.50 bits per heavy atom. The van der Waals surface area contributed by atoms with Crippen LogP contribution in [0.3, 0.4) is 0 Å². The number of ketones is 1. The van der Waals surface area contributed by atoms with Gasteiger partial charge in [-0.1, -0.05) is 24.3 Å². The molecule has 0 saturated carbocycles. The van der Waals surface area contributed by atoms with Crippen molar-refractivity contribution in [3.8, 4) is 22.6 Å². The van der Waals surface area contributed by atoms with Crippen molar-refractivity contribution >= 4 is 11.8 Å². The third-order valence-electron chi connectivity index (χ3n) is 4.31. The van der Waals surface area contributed by atoms with E-state index in [0.717, 1.165) is 28.7 Å².